The summed E-state index contributed by atoms with van der Waals surface area (Å²) in [5.41, 5.74) is 0.467. The molecule has 3 rings (SSSR count). The summed E-state index contributed by atoms with van der Waals surface area (Å²) in [4.78, 5) is 4.29. The SMILES string of the molecule is C#Cc1cncc2cccc(S(=O)(=O)N3CCCB(C#N)CC3C)c12. The van der Waals surface area contributed by atoms with Crippen molar-refractivity contribution in [3.63, 3.8) is 0 Å². The number of hydrogen-bond acceptors (Lipinski definition) is 4. The van der Waals surface area contributed by atoms with Gasteiger partial charge in [-0.2, -0.15) is 4.31 Å². The summed E-state index contributed by atoms with van der Waals surface area (Å²) in [6.07, 6.45) is 10.6. The Balaban J connectivity index is 2.14. The number of sulfonamides is 1. The maximum Gasteiger partial charge on any atom is 0.269 e. The Morgan fingerprint density at radius 3 is 2.92 bits per heavy atom. The molecule has 1 fully saturated rings. The van der Waals surface area contributed by atoms with Gasteiger partial charge in [-0.1, -0.05) is 24.4 Å². The van der Waals surface area contributed by atoms with E-state index in [1.165, 1.54) is 10.5 Å². The Morgan fingerprint density at radius 1 is 1.40 bits per heavy atom. The summed E-state index contributed by atoms with van der Waals surface area (Å²) in [5, 5.41) is 10.4. The molecule has 1 atom stereocenters. The summed E-state index contributed by atoms with van der Waals surface area (Å²) in [7, 11) is -3.72. The van der Waals surface area contributed by atoms with E-state index in [0.29, 0.717) is 35.6 Å². The average molecular weight is 351 g/mol. The van der Waals surface area contributed by atoms with Crippen molar-refractivity contribution >= 4 is 27.5 Å². The monoisotopic (exact) mass is 351 g/mol. The van der Waals surface area contributed by atoms with Crippen LogP contribution in [0.25, 0.3) is 10.8 Å². The third-order valence-electron chi connectivity index (χ3n) is 4.72. The van der Waals surface area contributed by atoms with Crippen molar-refractivity contribution in [2.45, 2.75) is 36.9 Å². The number of nitrogens with zero attached hydrogens (tertiary/aromatic N) is 3. The van der Waals surface area contributed by atoms with Crippen molar-refractivity contribution in [3.8, 4) is 18.3 Å². The Bertz CT molecular complexity index is 986. The lowest BCUT2D eigenvalue weighted by atomic mass is 9.45. The molecule has 1 aromatic heterocycles. The molecule has 2 aromatic rings. The van der Waals surface area contributed by atoms with Gasteiger partial charge in [0.05, 0.1) is 10.5 Å². The van der Waals surface area contributed by atoms with Crippen LogP contribution < -0.4 is 0 Å². The third-order valence-corrected chi connectivity index (χ3v) is 6.77. The van der Waals surface area contributed by atoms with Gasteiger partial charge >= 0.3 is 0 Å². The fourth-order valence-corrected chi connectivity index (χ4v) is 5.40. The Hall–Kier alpha value is -2.35. The lowest BCUT2D eigenvalue weighted by molar-refractivity contribution is 0.361. The predicted octanol–water partition coefficient (Wildman–Crippen LogP) is 2.56. The molecule has 0 radical (unpaired) electrons. The molecule has 1 aliphatic rings. The Labute approximate surface area is 148 Å². The number of nitriles is 1. The number of rotatable bonds is 2. The second-order valence-corrected chi connectivity index (χ2v) is 8.21. The van der Waals surface area contributed by atoms with Crippen LogP contribution in [-0.2, 0) is 10.0 Å². The predicted molar refractivity (Wildman–Crippen MR) is 98.6 cm³/mol. The van der Waals surface area contributed by atoms with Gasteiger partial charge in [-0.05, 0) is 25.7 Å². The molecular formula is C18H18BN3O2S. The first-order chi connectivity index (χ1) is 12.0. The minimum Gasteiger partial charge on any atom is -0.263 e. The second kappa shape index (κ2) is 6.88. The number of terminal acetylenes is 1. The molecule has 1 aliphatic heterocycles. The lowest BCUT2D eigenvalue weighted by Crippen LogP contribution is -2.39. The number of fused-ring (bicyclic) bond motifs is 1. The van der Waals surface area contributed by atoms with Gasteiger partial charge in [-0.15, -0.1) is 6.42 Å². The largest absolute Gasteiger partial charge is 0.269 e. The summed E-state index contributed by atoms with van der Waals surface area (Å²) < 4.78 is 28.3. The molecule has 5 nitrogen and oxygen atoms in total. The summed E-state index contributed by atoms with van der Waals surface area (Å²) in [6, 6.07) is 4.87. The van der Waals surface area contributed by atoms with E-state index in [1.807, 2.05) is 6.92 Å². The van der Waals surface area contributed by atoms with Gasteiger partial charge in [-0.25, -0.2) is 13.7 Å². The standard InChI is InChI=1S/C18H18BN3O2S/c1-3-15-11-21-12-16-6-4-7-17(18(15)16)25(23,24)22-9-5-8-19(13-20)10-14(22)2/h1,4,6-7,11-12,14H,5,8-10H2,2H3. The molecule has 0 saturated carbocycles. The van der Waals surface area contributed by atoms with E-state index < -0.39 is 10.0 Å². The number of benzene rings is 1. The van der Waals surface area contributed by atoms with Gasteiger partial charge in [0, 0.05) is 41.7 Å². The normalized spacial score (nSPS) is 19.2. The van der Waals surface area contributed by atoms with Crippen molar-refractivity contribution in [1.29, 1.82) is 5.26 Å². The molecule has 0 bridgehead atoms. The fourth-order valence-electron chi connectivity index (χ4n) is 3.49. The third kappa shape index (κ3) is 3.14. The van der Waals surface area contributed by atoms with Crippen LogP contribution in [0.15, 0.2) is 35.5 Å². The lowest BCUT2D eigenvalue weighted by Gasteiger charge is -2.27. The minimum absolute atomic E-state index is 0.104. The van der Waals surface area contributed by atoms with Gasteiger partial charge < -0.3 is 0 Å². The van der Waals surface area contributed by atoms with Gasteiger partial charge in [0.1, 0.15) is 0 Å². The zero-order chi connectivity index (χ0) is 18.0. The minimum atomic E-state index is -3.72. The van der Waals surface area contributed by atoms with E-state index in [9.17, 15) is 13.7 Å². The summed E-state index contributed by atoms with van der Waals surface area (Å²) in [6.45, 7) is 2.17. The van der Waals surface area contributed by atoms with Crippen molar-refractivity contribution in [2.24, 2.45) is 0 Å². The zero-order valence-electron chi connectivity index (χ0n) is 14.0. The van der Waals surface area contributed by atoms with Gasteiger partial charge in [0.15, 0.2) is 0 Å². The van der Waals surface area contributed by atoms with Gasteiger partial charge in [0.25, 0.3) is 6.71 Å². The average Bonchev–Trinajstić information content (AvgIpc) is 2.82. The molecule has 7 heteroatoms. The topological polar surface area (TPSA) is 74.1 Å². The van der Waals surface area contributed by atoms with Crippen LogP contribution in [0.1, 0.15) is 18.9 Å². The first kappa shape index (κ1) is 17.5. The Morgan fingerprint density at radius 2 is 2.20 bits per heavy atom. The van der Waals surface area contributed by atoms with Crippen molar-refractivity contribution in [1.82, 2.24) is 9.29 Å². The number of hydrogen-bond donors (Lipinski definition) is 0. The smallest absolute Gasteiger partial charge is 0.263 e. The quantitative estimate of drug-likeness (QED) is 0.616. The van der Waals surface area contributed by atoms with Crippen LogP contribution in [0.4, 0.5) is 0 Å². The van der Waals surface area contributed by atoms with E-state index in [-0.39, 0.29) is 17.7 Å². The summed E-state index contributed by atoms with van der Waals surface area (Å²) in [5.74, 6) is 4.81. The Kier molecular flexibility index (Phi) is 4.81. The molecule has 2 heterocycles. The molecule has 0 spiro atoms. The zero-order valence-corrected chi connectivity index (χ0v) is 14.8. The van der Waals surface area contributed by atoms with Crippen molar-refractivity contribution in [3.05, 3.63) is 36.2 Å². The highest BCUT2D eigenvalue weighted by atomic mass is 32.2. The molecule has 0 N–H and O–H groups in total. The highest BCUT2D eigenvalue weighted by Crippen LogP contribution is 2.31. The van der Waals surface area contributed by atoms with Gasteiger partial charge in [0.2, 0.25) is 10.0 Å². The molecule has 25 heavy (non-hydrogen) atoms. The molecule has 0 amide bonds. The molecule has 1 saturated heterocycles. The second-order valence-electron chi connectivity index (χ2n) is 6.35. The van der Waals surface area contributed by atoms with Gasteiger partial charge in [-0.3, -0.25) is 4.98 Å². The molecule has 0 aliphatic carbocycles. The fraction of sp³-hybridized carbons (Fsp3) is 0.333. The number of pyridine rings is 1. The van der Waals surface area contributed by atoms with Crippen LogP contribution in [-0.4, -0.2) is 37.0 Å². The van der Waals surface area contributed by atoms with E-state index in [1.54, 1.807) is 24.4 Å². The van der Waals surface area contributed by atoms with Crippen molar-refractivity contribution in [2.75, 3.05) is 6.54 Å². The highest BCUT2D eigenvalue weighted by molar-refractivity contribution is 7.89. The molecule has 1 unspecified atom stereocenters. The highest BCUT2D eigenvalue weighted by Gasteiger charge is 2.35. The first-order valence-electron chi connectivity index (χ1n) is 8.24. The van der Waals surface area contributed by atoms with Crippen LogP contribution in [0.2, 0.25) is 12.6 Å². The van der Waals surface area contributed by atoms with Crippen molar-refractivity contribution < 1.29 is 8.42 Å². The summed E-state index contributed by atoms with van der Waals surface area (Å²) >= 11 is 0. The number of aromatic nitrogens is 1. The van der Waals surface area contributed by atoms with Crippen LogP contribution in [0.3, 0.4) is 0 Å². The van der Waals surface area contributed by atoms with Crippen LogP contribution in [0.5, 0.6) is 0 Å². The maximum absolute atomic E-state index is 13.4. The van der Waals surface area contributed by atoms with Crippen LogP contribution in [0, 0.1) is 23.6 Å². The van der Waals surface area contributed by atoms with E-state index in [4.69, 9.17) is 6.42 Å². The van der Waals surface area contributed by atoms with E-state index >= 15 is 0 Å². The van der Waals surface area contributed by atoms with E-state index in [2.05, 4.69) is 16.9 Å². The van der Waals surface area contributed by atoms with Crippen LogP contribution >= 0.6 is 0 Å². The molecular weight excluding hydrogens is 333 g/mol. The first-order valence-corrected chi connectivity index (χ1v) is 9.68. The molecule has 126 valence electrons. The molecule has 1 aromatic carbocycles. The van der Waals surface area contributed by atoms with E-state index in [0.717, 1.165) is 6.32 Å². The maximum atomic E-state index is 13.4.